The highest BCUT2D eigenvalue weighted by Crippen LogP contribution is 2.40. The second kappa shape index (κ2) is 2.80. The maximum Gasteiger partial charge on any atom is 0.318 e. The van der Waals surface area contributed by atoms with Crippen LogP contribution >= 0.6 is 0 Å². The molecule has 11 heavy (non-hydrogen) atoms. The normalized spacial score (nSPS) is 18.3. The monoisotopic (exact) mass is 155 g/mol. The van der Waals surface area contributed by atoms with Gasteiger partial charge < -0.3 is 4.74 Å². The number of rotatable bonds is 3. The second-order valence-electron chi connectivity index (χ2n) is 2.44. The minimum Gasteiger partial charge on any atom is -0.465 e. The molecule has 0 aromatic carbocycles. The van der Waals surface area contributed by atoms with Crippen molar-refractivity contribution in [1.82, 2.24) is 0 Å². The average molecular weight is 155 g/mol. The van der Waals surface area contributed by atoms with E-state index in [0.717, 1.165) is 0 Å². The molecule has 5 nitrogen and oxygen atoms in total. The first-order valence-corrected chi connectivity index (χ1v) is 3.48. The zero-order valence-electron chi connectivity index (χ0n) is 6.28. The average Bonchev–Trinajstić information content (AvgIpc) is 2.71. The molecule has 60 valence electrons. The van der Waals surface area contributed by atoms with E-state index in [0.29, 0.717) is 19.4 Å². The Balaban J connectivity index is 2.58. The molecule has 1 aliphatic carbocycles. The van der Waals surface area contributed by atoms with Gasteiger partial charge in [-0.25, -0.2) is 0 Å². The lowest BCUT2D eigenvalue weighted by Gasteiger charge is -2.05. The van der Waals surface area contributed by atoms with Crippen molar-refractivity contribution in [1.29, 1.82) is 0 Å². The van der Waals surface area contributed by atoms with Crippen molar-refractivity contribution in [2.75, 3.05) is 6.61 Å². The number of azide groups is 1. The predicted molar refractivity (Wildman–Crippen MR) is 37.7 cm³/mol. The van der Waals surface area contributed by atoms with Crippen molar-refractivity contribution in [3.8, 4) is 0 Å². The Morgan fingerprint density at radius 1 is 1.82 bits per heavy atom. The summed E-state index contributed by atoms with van der Waals surface area (Å²) >= 11 is 0. The van der Waals surface area contributed by atoms with Crippen LogP contribution in [0.4, 0.5) is 0 Å². The summed E-state index contributed by atoms with van der Waals surface area (Å²) in [6.45, 7) is 2.06. The van der Waals surface area contributed by atoms with Crippen molar-refractivity contribution in [3.05, 3.63) is 10.4 Å². The first-order chi connectivity index (χ1) is 5.25. The summed E-state index contributed by atoms with van der Waals surface area (Å²) < 4.78 is 4.72. The summed E-state index contributed by atoms with van der Waals surface area (Å²) in [5.41, 5.74) is 7.27. The van der Waals surface area contributed by atoms with Crippen molar-refractivity contribution in [3.63, 3.8) is 0 Å². The van der Waals surface area contributed by atoms with Crippen LogP contribution in [-0.2, 0) is 9.53 Å². The Kier molecular flexibility index (Phi) is 2.01. The number of carbonyl (C=O) groups is 1. The van der Waals surface area contributed by atoms with Gasteiger partial charge in [0.15, 0.2) is 0 Å². The Morgan fingerprint density at radius 2 is 2.45 bits per heavy atom. The van der Waals surface area contributed by atoms with E-state index in [1.165, 1.54) is 0 Å². The topological polar surface area (TPSA) is 75.1 Å². The van der Waals surface area contributed by atoms with Crippen molar-refractivity contribution in [2.24, 2.45) is 5.11 Å². The molecule has 0 N–H and O–H groups in total. The molecule has 1 aliphatic rings. The highest BCUT2D eigenvalue weighted by molar-refractivity contribution is 5.84. The number of nitrogens with zero attached hydrogens (tertiary/aromatic N) is 3. The van der Waals surface area contributed by atoms with Gasteiger partial charge in [0.1, 0.15) is 5.54 Å². The van der Waals surface area contributed by atoms with Gasteiger partial charge >= 0.3 is 5.97 Å². The molecule has 0 heterocycles. The molecule has 1 rings (SSSR count). The summed E-state index contributed by atoms with van der Waals surface area (Å²) in [7, 11) is 0. The quantitative estimate of drug-likeness (QED) is 0.267. The van der Waals surface area contributed by atoms with Gasteiger partial charge in [0, 0.05) is 4.91 Å². The van der Waals surface area contributed by atoms with E-state index in [1.807, 2.05) is 0 Å². The zero-order valence-corrected chi connectivity index (χ0v) is 6.28. The molecule has 0 aliphatic heterocycles. The standard InChI is InChI=1S/C6H9N3O2/c1-2-11-5(10)6(3-4-6)8-9-7/h2-4H2,1H3. The van der Waals surface area contributed by atoms with E-state index in [1.54, 1.807) is 6.92 Å². The maximum atomic E-state index is 11.0. The molecule has 0 radical (unpaired) electrons. The predicted octanol–water partition coefficient (Wildman–Crippen LogP) is 1.39. The number of carbonyl (C=O) groups excluding carboxylic acids is 1. The van der Waals surface area contributed by atoms with Crippen LogP contribution in [0.25, 0.3) is 10.4 Å². The van der Waals surface area contributed by atoms with Crippen LogP contribution in [0.3, 0.4) is 0 Å². The molecule has 0 aromatic heterocycles. The molecule has 0 bridgehead atoms. The van der Waals surface area contributed by atoms with E-state index in [2.05, 4.69) is 10.0 Å². The van der Waals surface area contributed by atoms with Crippen molar-refractivity contribution < 1.29 is 9.53 Å². The lowest BCUT2D eigenvalue weighted by Crippen LogP contribution is -2.22. The molecular weight excluding hydrogens is 146 g/mol. The second-order valence-corrected chi connectivity index (χ2v) is 2.44. The summed E-state index contributed by atoms with van der Waals surface area (Å²) in [6.07, 6.45) is 1.24. The minimum absolute atomic E-state index is 0.335. The first kappa shape index (κ1) is 7.88. The van der Waals surface area contributed by atoms with E-state index < -0.39 is 11.5 Å². The molecule has 0 amide bonds. The number of hydrogen-bond donors (Lipinski definition) is 0. The summed E-state index contributed by atoms with van der Waals surface area (Å²) in [4.78, 5) is 13.6. The fourth-order valence-electron chi connectivity index (χ4n) is 0.814. The molecule has 1 saturated carbocycles. The highest BCUT2D eigenvalue weighted by Gasteiger charge is 2.50. The summed E-state index contributed by atoms with van der Waals surface area (Å²) in [5.74, 6) is -0.391. The molecule has 0 aromatic rings. The molecule has 1 fully saturated rings. The molecule has 5 heteroatoms. The maximum absolute atomic E-state index is 11.0. The van der Waals surface area contributed by atoms with Gasteiger partial charge in [-0.2, -0.15) is 0 Å². The lowest BCUT2D eigenvalue weighted by molar-refractivity contribution is -0.145. The van der Waals surface area contributed by atoms with Gasteiger partial charge in [0.05, 0.1) is 6.61 Å². The Labute approximate surface area is 64.0 Å². The van der Waals surface area contributed by atoms with Gasteiger partial charge in [0.25, 0.3) is 0 Å². The van der Waals surface area contributed by atoms with Crippen LogP contribution in [0.1, 0.15) is 19.8 Å². The molecule has 0 spiro atoms. The van der Waals surface area contributed by atoms with E-state index >= 15 is 0 Å². The van der Waals surface area contributed by atoms with Gasteiger partial charge in [-0.3, -0.25) is 4.79 Å². The highest BCUT2D eigenvalue weighted by atomic mass is 16.5. The molecular formula is C6H9N3O2. The van der Waals surface area contributed by atoms with Crippen LogP contribution in [0.2, 0.25) is 0 Å². The van der Waals surface area contributed by atoms with Crippen LogP contribution < -0.4 is 0 Å². The number of hydrogen-bond acceptors (Lipinski definition) is 3. The van der Waals surface area contributed by atoms with Gasteiger partial charge in [-0.15, -0.1) is 0 Å². The van der Waals surface area contributed by atoms with Gasteiger partial charge in [-0.05, 0) is 25.3 Å². The molecule has 0 unspecified atom stereocenters. The fourth-order valence-corrected chi connectivity index (χ4v) is 0.814. The third kappa shape index (κ3) is 1.43. The van der Waals surface area contributed by atoms with Crippen molar-refractivity contribution >= 4 is 5.97 Å². The van der Waals surface area contributed by atoms with Crippen LogP contribution in [-0.4, -0.2) is 18.1 Å². The molecule has 0 atom stereocenters. The molecule has 0 saturated heterocycles. The largest absolute Gasteiger partial charge is 0.465 e. The van der Waals surface area contributed by atoms with Crippen LogP contribution in [0.15, 0.2) is 5.11 Å². The van der Waals surface area contributed by atoms with Crippen LogP contribution in [0, 0.1) is 0 Å². The fraction of sp³-hybridized carbons (Fsp3) is 0.833. The zero-order chi connectivity index (χ0) is 8.32. The van der Waals surface area contributed by atoms with Crippen molar-refractivity contribution in [2.45, 2.75) is 25.3 Å². The van der Waals surface area contributed by atoms with Gasteiger partial charge in [-0.1, -0.05) is 5.11 Å². The van der Waals surface area contributed by atoms with Gasteiger partial charge in [0.2, 0.25) is 0 Å². The number of ether oxygens (including phenoxy) is 1. The number of esters is 1. The Bertz CT molecular complexity index is 216. The third-order valence-corrected chi connectivity index (χ3v) is 1.62. The first-order valence-electron chi connectivity index (χ1n) is 3.48. The van der Waals surface area contributed by atoms with E-state index in [4.69, 9.17) is 10.3 Å². The smallest absolute Gasteiger partial charge is 0.318 e. The van der Waals surface area contributed by atoms with Crippen LogP contribution in [0.5, 0.6) is 0 Å². The third-order valence-electron chi connectivity index (χ3n) is 1.62. The Morgan fingerprint density at radius 3 is 2.82 bits per heavy atom. The Hall–Kier alpha value is -1.22. The lowest BCUT2D eigenvalue weighted by atomic mass is 10.3. The summed E-state index contributed by atoms with van der Waals surface area (Å²) in [6, 6.07) is 0. The van der Waals surface area contributed by atoms with E-state index in [9.17, 15) is 4.79 Å². The minimum atomic E-state index is -0.843. The van der Waals surface area contributed by atoms with E-state index in [-0.39, 0.29) is 0 Å². The SMILES string of the molecule is CCOC(=O)C1(N=[N+]=[N-])CC1. The summed E-state index contributed by atoms with van der Waals surface area (Å²) in [5, 5.41) is 3.39.